The minimum absolute atomic E-state index is 0.148. The minimum Gasteiger partial charge on any atom is -0.356 e. The molecule has 1 unspecified atom stereocenters. The van der Waals surface area contributed by atoms with E-state index in [0.29, 0.717) is 6.54 Å². The smallest absolute Gasteiger partial charge is 0.223 e. The topological polar surface area (TPSA) is 29.1 Å². The first-order valence-electron chi connectivity index (χ1n) is 6.26. The van der Waals surface area contributed by atoms with Crippen LogP contribution in [0, 0.1) is 5.92 Å². The third kappa shape index (κ3) is 2.96. The van der Waals surface area contributed by atoms with E-state index >= 15 is 0 Å². The summed E-state index contributed by atoms with van der Waals surface area (Å²) < 4.78 is 0. The Balaban J connectivity index is 1.93. The molecule has 2 nitrogen and oxygen atoms in total. The molecule has 1 aromatic carbocycles. The van der Waals surface area contributed by atoms with Crippen LogP contribution in [0.2, 0.25) is 0 Å². The van der Waals surface area contributed by atoms with Gasteiger partial charge in [0, 0.05) is 12.5 Å². The quantitative estimate of drug-likeness (QED) is 0.623. The number of rotatable bonds is 4. The number of hydrogen-bond donors (Lipinski definition) is 1. The average Bonchev–Trinajstić information content (AvgIpc) is 2.38. The van der Waals surface area contributed by atoms with Gasteiger partial charge < -0.3 is 5.32 Å². The van der Waals surface area contributed by atoms with Gasteiger partial charge in [-0.3, -0.25) is 4.79 Å². The molecule has 2 heteroatoms. The zero-order valence-corrected chi connectivity index (χ0v) is 10.1. The van der Waals surface area contributed by atoms with Crippen molar-refractivity contribution in [3.63, 3.8) is 0 Å². The third-order valence-corrected chi connectivity index (χ3v) is 3.37. The van der Waals surface area contributed by atoms with E-state index in [9.17, 15) is 4.79 Å². The molecule has 1 atom stereocenters. The van der Waals surface area contributed by atoms with Crippen molar-refractivity contribution >= 4 is 5.91 Å². The van der Waals surface area contributed by atoms with Gasteiger partial charge in [-0.15, -0.1) is 6.58 Å². The van der Waals surface area contributed by atoms with Crippen LogP contribution in [0.15, 0.2) is 36.9 Å². The largest absolute Gasteiger partial charge is 0.356 e. The molecule has 0 bridgehead atoms. The van der Waals surface area contributed by atoms with Gasteiger partial charge in [-0.2, -0.15) is 0 Å². The monoisotopic (exact) mass is 229 g/mol. The molecule has 1 amide bonds. The van der Waals surface area contributed by atoms with Crippen molar-refractivity contribution in [2.24, 2.45) is 5.92 Å². The summed E-state index contributed by atoms with van der Waals surface area (Å²) in [6.07, 6.45) is 5.55. The van der Waals surface area contributed by atoms with E-state index < -0.39 is 0 Å². The Bertz CT molecular complexity index is 411. The van der Waals surface area contributed by atoms with Gasteiger partial charge in [0.05, 0.1) is 0 Å². The molecule has 2 rings (SSSR count). The Labute approximate surface area is 103 Å². The van der Waals surface area contributed by atoms with Crippen LogP contribution in [-0.4, -0.2) is 12.5 Å². The Morgan fingerprint density at radius 2 is 2.18 bits per heavy atom. The van der Waals surface area contributed by atoms with Crippen molar-refractivity contribution in [2.75, 3.05) is 6.54 Å². The molecular formula is C15H19NO. The summed E-state index contributed by atoms with van der Waals surface area (Å²) in [6.45, 7) is 4.36. The molecule has 0 saturated heterocycles. The highest BCUT2D eigenvalue weighted by Gasteiger charge is 2.23. The van der Waals surface area contributed by atoms with Gasteiger partial charge in [-0.1, -0.05) is 30.3 Å². The first-order chi connectivity index (χ1) is 8.31. The van der Waals surface area contributed by atoms with E-state index in [4.69, 9.17) is 0 Å². The van der Waals surface area contributed by atoms with Gasteiger partial charge in [0.1, 0.15) is 0 Å². The number of aryl methyl sites for hydroxylation is 1. The maximum absolute atomic E-state index is 11.9. The number of amides is 1. The first-order valence-corrected chi connectivity index (χ1v) is 6.26. The van der Waals surface area contributed by atoms with Gasteiger partial charge in [-0.05, 0) is 36.8 Å². The highest BCUT2D eigenvalue weighted by atomic mass is 16.1. The summed E-state index contributed by atoms with van der Waals surface area (Å²) in [5, 5.41) is 2.97. The van der Waals surface area contributed by atoms with Crippen LogP contribution >= 0.6 is 0 Å². The van der Waals surface area contributed by atoms with E-state index in [1.165, 1.54) is 11.1 Å². The minimum atomic E-state index is 0.148. The van der Waals surface area contributed by atoms with Crippen molar-refractivity contribution in [1.82, 2.24) is 5.32 Å². The second-order valence-corrected chi connectivity index (χ2v) is 4.58. The molecule has 17 heavy (non-hydrogen) atoms. The van der Waals surface area contributed by atoms with Crippen LogP contribution in [-0.2, 0) is 17.6 Å². The van der Waals surface area contributed by atoms with E-state index in [1.807, 2.05) is 6.08 Å². The van der Waals surface area contributed by atoms with Gasteiger partial charge in [0.25, 0.3) is 0 Å². The summed E-state index contributed by atoms with van der Waals surface area (Å²) in [5.74, 6) is 0.344. The van der Waals surface area contributed by atoms with Crippen LogP contribution in [0.5, 0.6) is 0 Å². The summed E-state index contributed by atoms with van der Waals surface area (Å²) in [7, 11) is 0. The van der Waals surface area contributed by atoms with Gasteiger partial charge in [0.2, 0.25) is 5.91 Å². The van der Waals surface area contributed by atoms with Crippen LogP contribution in [0.1, 0.15) is 24.0 Å². The van der Waals surface area contributed by atoms with Gasteiger partial charge >= 0.3 is 0 Å². The number of hydrogen-bond acceptors (Lipinski definition) is 1. The average molecular weight is 229 g/mol. The maximum atomic E-state index is 11.9. The summed E-state index contributed by atoms with van der Waals surface area (Å²) in [4.78, 5) is 11.9. The summed E-state index contributed by atoms with van der Waals surface area (Å²) >= 11 is 0. The molecule has 90 valence electrons. The molecule has 1 aliphatic rings. The van der Waals surface area contributed by atoms with Crippen molar-refractivity contribution in [2.45, 2.75) is 25.7 Å². The Morgan fingerprint density at radius 3 is 2.94 bits per heavy atom. The predicted octanol–water partition coefficient (Wildman–Crippen LogP) is 2.48. The third-order valence-electron chi connectivity index (χ3n) is 3.37. The molecular weight excluding hydrogens is 210 g/mol. The molecule has 0 aromatic heterocycles. The van der Waals surface area contributed by atoms with Crippen molar-refractivity contribution in [3.05, 3.63) is 48.0 Å². The van der Waals surface area contributed by atoms with Crippen molar-refractivity contribution in [3.8, 4) is 0 Å². The number of carbonyl (C=O) groups is 1. The fraction of sp³-hybridized carbons (Fsp3) is 0.400. The molecule has 0 aliphatic heterocycles. The standard InChI is InChI=1S/C15H19NO/c1-2-3-10-16-15(17)14-9-8-12-6-4-5-7-13(12)11-14/h2,4-7,14H,1,3,8-11H2,(H,16,17). The SMILES string of the molecule is C=CCCNC(=O)C1CCc2ccccc2C1. The first kappa shape index (κ1) is 11.9. The lowest BCUT2D eigenvalue weighted by atomic mass is 9.83. The maximum Gasteiger partial charge on any atom is 0.223 e. The predicted molar refractivity (Wildman–Crippen MR) is 69.8 cm³/mol. The summed E-state index contributed by atoms with van der Waals surface area (Å²) in [6, 6.07) is 8.43. The van der Waals surface area contributed by atoms with Crippen molar-refractivity contribution < 1.29 is 4.79 Å². The zero-order chi connectivity index (χ0) is 12.1. The van der Waals surface area contributed by atoms with Crippen LogP contribution < -0.4 is 5.32 Å². The van der Waals surface area contributed by atoms with E-state index in [-0.39, 0.29) is 11.8 Å². The molecule has 0 fully saturated rings. The van der Waals surface area contributed by atoms with Gasteiger partial charge in [0.15, 0.2) is 0 Å². The number of nitrogens with one attached hydrogen (secondary N) is 1. The lowest BCUT2D eigenvalue weighted by molar-refractivity contribution is -0.125. The molecule has 1 aromatic rings. The second-order valence-electron chi connectivity index (χ2n) is 4.58. The molecule has 0 radical (unpaired) electrons. The van der Waals surface area contributed by atoms with Crippen molar-refractivity contribution in [1.29, 1.82) is 0 Å². The van der Waals surface area contributed by atoms with E-state index in [1.54, 1.807) is 0 Å². The van der Waals surface area contributed by atoms with Gasteiger partial charge in [-0.25, -0.2) is 0 Å². The Hall–Kier alpha value is -1.57. The highest BCUT2D eigenvalue weighted by Crippen LogP contribution is 2.25. The van der Waals surface area contributed by atoms with Crippen LogP contribution in [0.3, 0.4) is 0 Å². The van der Waals surface area contributed by atoms with Crippen LogP contribution in [0.4, 0.5) is 0 Å². The van der Waals surface area contributed by atoms with E-state index in [0.717, 1.165) is 25.7 Å². The normalized spacial score (nSPS) is 18.2. The molecule has 0 spiro atoms. The highest BCUT2D eigenvalue weighted by molar-refractivity contribution is 5.79. The zero-order valence-electron chi connectivity index (χ0n) is 10.1. The lowest BCUT2D eigenvalue weighted by Gasteiger charge is -2.23. The Morgan fingerprint density at radius 1 is 1.41 bits per heavy atom. The lowest BCUT2D eigenvalue weighted by Crippen LogP contribution is -2.34. The number of carbonyl (C=O) groups excluding carboxylic acids is 1. The van der Waals surface area contributed by atoms with E-state index in [2.05, 4.69) is 36.2 Å². The Kier molecular flexibility index (Phi) is 3.97. The fourth-order valence-corrected chi connectivity index (χ4v) is 2.36. The number of benzene rings is 1. The number of fused-ring (bicyclic) bond motifs is 1. The fourth-order valence-electron chi connectivity index (χ4n) is 2.36. The molecule has 0 heterocycles. The summed E-state index contributed by atoms with van der Waals surface area (Å²) in [5.41, 5.74) is 2.74. The molecule has 0 saturated carbocycles. The molecule has 1 N–H and O–H groups in total. The second kappa shape index (κ2) is 5.67. The molecule has 1 aliphatic carbocycles. The van der Waals surface area contributed by atoms with Crippen LogP contribution in [0.25, 0.3) is 0 Å².